The summed E-state index contributed by atoms with van der Waals surface area (Å²) in [6, 6.07) is 12.3. The summed E-state index contributed by atoms with van der Waals surface area (Å²) < 4.78 is 30.8. The van der Waals surface area contributed by atoms with Crippen molar-refractivity contribution in [2.45, 2.75) is 74.7 Å². The number of fused-ring (bicyclic) bond motifs is 2. The summed E-state index contributed by atoms with van der Waals surface area (Å²) in [6.07, 6.45) is 8.04. The fraction of sp³-hybridized carbons (Fsp3) is 0.611. The molecule has 2 aliphatic heterocycles. The van der Waals surface area contributed by atoms with E-state index in [9.17, 15) is 9.59 Å². The smallest absolute Gasteiger partial charge is 0.325 e. The molecule has 2 heterocycles. The quantitative estimate of drug-likeness (QED) is 0.378. The van der Waals surface area contributed by atoms with E-state index in [1.807, 2.05) is 19.2 Å². The number of nitrogens with one attached hydrogen (secondary N) is 1. The lowest BCUT2D eigenvalue weighted by atomic mass is 9.35. The molecule has 2 aromatic carbocycles. The summed E-state index contributed by atoms with van der Waals surface area (Å²) in [5.41, 5.74) is 3.95. The number of carbonyl (C=O) groups is 2. The van der Waals surface area contributed by atoms with Gasteiger partial charge in [0, 0.05) is 47.6 Å². The van der Waals surface area contributed by atoms with Gasteiger partial charge < -0.3 is 29.0 Å². The molecule has 9 heteroatoms. The van der Waals surface area contributed by atoms with E-state index in [4.69, 9.17) is 18.9 Å². The summed E-state index contributed by atoms with van der Waals surface area (Å²) in [4.78, 5) is 26.6. The average Bonchev–Trinajstić information content (AvgIpc) is 3.81. The standard InChI is InChI=1S/C36H44N2O7/c1-41-27-11-10-25-16-28-34-12-13-36(43-3,33-35(34,30(25)31(27)45-33)14-15-38(28)19-22-4-5-22)26(17-34)21-44-20-23-6-8-24(9-7-23)32(40)37-18-29(39)42-2/h6-11,22,26,28,33H,4-5,12-21H2,1-3H3,(H,37,40)/t26-,28-,33-,34-,35+,36-/m1/s1. The van der Waals surface area contributed by atoms with Crippen LogP contribution in [0.1, 0.15) is 65.6 Å². The Bertz CT molecular complexity index is 1510. The van der Waals surface area contributed by atoms with Crippen LogP contribution in [0.2, 0.25) is 0 Å². The van der Waals surface area contributed by atoms with E-state index >= 15 is 0 Å². The first kappa shape index (κ1) is 29.3. The van der Waals surface area contributed by atoms with Gasteiger partial charge in [-0.1, -0.05) is 18.2 Å². The number of hydrogen-bond acceptors (Lipinski definition) is 8. The van der Waals surface area contributed by atoms with E-state index in [0.717, 1.165) is 61.6 Å². The van der Waals surface area contributed by atoms with Crippen LogP contribution in [-0.4, -0.2) is 82.1 Å². The second-order valence-electron chi connectivity index (χ2n) is 14.2. The minimum Gasteiger partial charge on any atom is -0.493 e. The van der Waals surface area contributed by atoms with Crippen LogP contribution >= 0.6 is 0 Å². The van der Waals surface area contributed by atoms with Crippen LogP contribution < -0.4 is 14.8 Å². The van der Waals surface area contributed by atoms with Gasteiger partial charge in [0.2, 0.25) is 0 Å². The topological polar surface area (TPSA) is 95.6 Å². The van der Waals surface area contributed by atoms with Crippen LogP contribution in [0, 0.1) is 17.3 Å². The Morgan fingerprint density at radius 1 is 1.04 bits per heavy atom. The highest BCUT2D eigenvalue weighted by Gasteiger charge is 2.80. The van der Waals surface area contributed by atoms with Gasteiger partial charge in [-0.15, -0.1) is 0 Å². The zero-order valence-corrected chi connectivity index (χ0v) is 26.6. The maximum Gasteiger partial charge on any atom is 0.325 e. The molecule has 9 nitrogen and oxygen atoms in total. The van der Waals surface area contributed by atoms with E-state index in [0.29, 0.717) is 24.8 Å². The summed E-state index contributed by atoms with van der Waals surface area (Å²) >= 11 is 0. The van der Waals surface area contributed by atoms with Gasteiger partial charge in [-0.05, 0) is 86.7 Å². The van der Waals surface area contributed by atoms with E-state index in [-0.39, 0.29) is 35.3 Å². The highest BCUT2D eigenvalue weighted by Crippen LogP contribution is 2.76. The maximum atomic E-state index is 12.4. The van der Waals surface area contributed by atoms with Crippen LogP contribution in [0.5, 0.6) is 11.5 Å². The number of ether oxygens (including phenoxy) is 5. The van der Waals surface area contributed by atoms with Crippen molar-refractivity contribution in [1.29, 1.82) is 0 Å². The predicted molar refractivity (Wildman–Crippen MR) is 165 cm³/mol. The fourth-order valence-electron chi connectivity index (χ4n) is 10.3. The Hall–Kier alpha value is -3.14. The van der Waals surface area contributed by atoms with E-state index in [1.54, 1.807) is 19.2 Å². The number of likely N-dealkylation sites (tertiary alicyclic amines) is 1. The van der Waals surface area contributed by atoms with Crippen molar-refractivity contribution in [2.24, 2.45) is 17.3 Å². The summed E-state index contributed by atoms with van der Waals surface area (Å²) in [6.45, 7) is 3.22. The lowest BCUT2D eigenvalue weighted by Crippen LogP contribution is -2.81. The van der Waals surface area contributed by atoms with Crippen LogP contribution in [0.4, 0.5) is 0 Å². The van der Waals surface area contributed by atoms with Crippen LogP contribution in [0.15, 0.2) is 36.4 Å². The van der Waals surface area contributed by atoms with E-state index in [2.05, 4.69) is 27.1 Å². The third-order valence-corrected chi connectivity index (χ3v) is 12.4. The van der Waals surface area contributed by atoms with Gasteiger partial charge in [-0.3, -0.25) is 14.5 Å². The Kier molecular flexibility index (Phi) is 6.97. The zero-order chi connectivity index (χ0) is 31.0. The molecule has 5 fully saturated rings. The third kappa shape index (κ3) is 4.16. The number of amides is 1. The molecule has 45 heavy (non-hydrogen) atoms. The molecule has 5 aliphatic carbocycles. The molecule has 4 saturated carbocycles. The largest absolute Gasteiger partial charge is 0.493 e. The molecule has 2 spiro atoms. The molecule has 240 valence electrons. The summed E-state index contributed by atoms with van der Waals surface area (Å²) in [5, 5.41) is 2.58. The van der Waals surface area contributed by atoms with Crippen molar-refractivity contribution in [3.8, 4) is 11.5 Å². The van der Waals surface area contributed by atoms with Gasteiger partial charge in [0.25, 0.3) is 5.91 Å². The Balaban J connectivity index is 1.06. The molecule has 7 aliphatic rings. The van der Waals surface area contributed by atoms with Crippen molar-refractivity contribution >= 4 is 11.9 Å². The molecule has 6 atom stereocenters. The Labute approximate surface area is 264 Å². The van der Waals surface area contributed by atoms with Crippen LogP contribution in [-0.2, 0) is 37.4 Å². The monoisotopic (exact) mass is 616 g/mol. The van der Waals surface area contributed by atoms with Crippen molar-refractivity contribution in [3.05, 3.63) is 58.7 Å². The molecule has 4 bridgehead atoms. The molecule has 0 radical (unpaired) electrons. The van der Waals surface area contributed by atoms with Crippen molar-refractivity contribution < 1.29 is 33.3 Å². The number of hydrogen-bond donors (Lipinski definition) is 1. The predicted octanol–water partition coefficient (Wildman–Crippen LogP) is 4.04. The van der Waals surface area contributed by atoms with Gasteiger partial charge in [-0.25, -0.2) is 0 Å². The van der Waals surface area contributed by atoms with E-state index < -0.39 is 11.6 Å². The number of carbonyl (C=O) groups excluding carboxylic acids is 2. The number of rotatable bonds is 11. The zero-order valence-electron chi connectivity index (χ0n) is 26.6. The first-order valence-electron chi connectivity index (χ1n) is 16.6. The van der Waals surface area contributed by atoms with Crippen molar-refractivity contribution in [2.75, 3.05) is 47.6 Å². The molecule has 0 aromatic heterocycles. The number of esters is 1. The van der Waals surface area contributed by atoms with Gasteiger partial charge in [0.05, 0.1) is 27.4 Å². The number of methoxy groups -OCH3 is 3. The molecule has 9 rings (SSSR count). The molecule has 2 aromatic rings. The molecular weight excluding hydrogens is 572 g/mol. The lowest BCUT2D eigenvalue weighted by Gasteiger charge is -2.74. The van der Waals surface area contributed by atoms with E-state index in [1.165, 1.54) is 37.6 Å². The number of nitrogens with zero attached hydrogens (tertiary/aromatic N) is 1. The minimum absolute atomic E-state index is 0.0650. The number of piperidine rings is 1. The lowest BCUT2D eigenvalue weighted by molar-refractivity contribution is -0.283. The molecule has 1 saturated heterocycles. The van der Waals surface area contributed by atoms with Crippen LogP contribution in [0.3, 0.4) is 0 Å². The molecular formula is C36H44N2O7. The average molecular weight is 617 g/mol. The fourth-order valence-corrected chi connectivity index (χ4v) is 10.3. The maximum absolute atomic E-state index is 12.4. The second kappa shape index (κ2) is 10.7. The molecule has 0 unspecified atom stereocenters. The summed E-state index contributed by atoms with van der Waals surface area (Å²) in [5.74, 6) is 2.05. The molecule has 1 amide bonds. The number of benzene rings is 2. The first-order valence-corrected chi connectivity index (χ1v) is 16.6. The van der Waals surface area contributed by atoms with Gasteiger partial charge in [0.1, 0.15) is 18.2 Å². The SMILES string of the molecule is COC(=O)CNC(=O)c1ccc(COC[C@H]2C[C@@]34CC[C@]2(OC)[C@@H]2Oc5c(OC)ccc6c5[C@@]23CCN(CC2CC2)[C@@H]4C6)cc1. The first-order chi connectivity index (χ1) is 21.9. The Morgan fingerprint density at radius 2 is 1.87 bits per heavy atom. The van der Waals surface area contributed by atoms with Gasteiger partial charge >= 0.3 is 5.97 Å². The minimum atomic E-state index is -0.483. The Morgan fingerprint density at radius 3 is 2.60 bits per heavy atom. The summed E-state index contributed by atoms with van der Waals surface area (Å²) in [7, 11) is 4.92. The van der Waals surface area contributed by atoms with Crippen molar-refractivity contribution in [3.63, 3.8) is 0 Å². The van der Waals surface area contributed by atoms with Crippen molar-refractivity contribution in [1.82, 2.24) is 10.2 Å². The molecule has 1 N–H and O–H groups in total. The highest BCUT2D eigenvalue weighted by molar-refractivity contribution is 5.95. The van der Waals surface area contributed by atoms with Gasteiger partial charge in [-0.2, -0.15) is 0 Å². The van der Waals surface area contributed by atoms with Crippen LogP contribution in [0.25, 0.3) is 0 Å². The van der Waals surface area contributed by atoms with Gasteiger partial charge in [0.15, 0.2) is 11.5 Å². The second-order valence-corrected chi connectivity index (χ2v) is 14.2. The highest BCUT2D eigenvalue weighted by atomic mass is 16.6. The normalized spacial score (nSPS) is 33.7. The third-order valence-electron chi connectivity index (χ3n) is 12.4.